The van der Waals surface area contributed by atoms with Gasteiger partial charge in [0.1, 0.15) is 24.1 Å². The summed E-state index contributed by atoms with van der Waals surface area (Å²) < 4.78 is 27.9. The van der Waals surface area contributed by atoms with Crippen molar-refractivity contribution in [2.75, 3.05) is 26.1 Å². The molecule has 8 heteroatoms. The average molecular weight is 352 g/mol. The SMILES string of the molecule is COc1ccc(NC(=O)NC[C@H]2O[C@@H]3OC(C)(C)O[C@@H]3[C@H]2OC)cc1. The minimum absolute atomic E-state index is 0.278. The minimum atomic E-state index is -0.698. The lowest BCUT2D eigenvalue weighted by Crippen LogP contribution is -2.43. The molecule has 3 rings (SSSR count). The Morgan fingerprint density at radius 1 is 1.20 bits per heavy atom. The summed E-state index contributed by atoms with van der Waals surface area (Å²) in [5.41, 5.74) is 0.666. The molecule has 0 bridgehead atoms. The van der Waals surface area contributed by atoms with E-state index in [1.165, 1.54) is 0 Å². The fourth-order valence-electron chi connectivity index (χ4n) is 3.04. The van der Waals surface area contributed by atoms with Gasteiger partial charge < -0.3 is 34.3 Å². The molecule has 8 nitrogen and oxygen atoms in total. The first kappa shape index (κ1) is 17.9. The number of urea groups is 1. The Morgan fingerprint density at radius 3 is 2.56 bits per heavy atom. The molecular formula is C17H24N2O6. The Morgan fingerprint density at radius 2 is 1.92 bits per heavy atom. The number of carbonyl (C=O) groups is 1. The van der Waals surface area contributed by atoms with Crippen LogP contribution < -0.4 is 15.4 Å². The highest BCUT2D eigenvalue weighted by Crippen LogP contribution is 2.38. The molecule has 2 aliphatic heterocycles. The second-order valence-corrected chi connectivity index (χ2v) is 6.41. The second-order valence-electron chi connectivity index (χ2n) is 6.41. The average Bonchev–Trinajstić information content (AvgIpc) is 3.04. The molecule has 1 aromatic rings. The van der Waals surface area contributed by atoms with Crippen LogP contribution in [0.15, 0.2) is 24.3 Å². The third kappa shape index (κ3) is 4.04. The van der Waals surface area contributed by atoms with E-state index in [9.17, 15) is 4.79 Å². The number of fused-ring (bicyclic) bond motifs is 1. The maximum Gasteiger partial charge on any atom is 0.319 e. The van der Waals surface area contributed by atoms with E-state index in [0.717, 1.165) is 5.75 Å². The Kier molecular flexibility index (Phi) is 5.14. The van der Waals surface area contributed by atoms with Crippen molar-refractivity contribution in [1.82, 2.24) is 5.32 Å². The molecular weight excluding hydrogens is 328 g/mol. The molecule has 0 unspecified atom stereocenters. The topological polar surface area (TPSA) is 87.3 Å². The number of ether oxygens (including phenoxy) is 5. The molecule has 25 heavy (non-hydrogen) atoms. The third-order valence-electron chi connectivity index (χ3n) is 4.17. The molecule has 0 radical (unpaired) electrons. The highest BCUT2D eigenvalue weighted by molar-refractivity contribution is 5.89. The summed E-state index contributed by atoms with van der Waals surface area (Å²) in [6, 6.07) is 6.73. The van der Waals surface area contributed by atoms with Gasteiger partial charge in [0.15, 0.2) is 12.1 Å². The number of carbonyl (C=O) groups excluding carboxylic acids is 1. The number of nitrogens with one attached hydrogen (secondary N) is 2. The van der Waals surface area contributed by atoms with E-state index >= 15 is 0 Å². The van der Waals surface area contributed by atoms with Crippen molar-refractivity contribution in [3.8, 4) is 5.75 Å². The van der Waals surface area contributed by atoms with Crippen LogP contribution in [0, 0.1) is 0 Å². The van der Waals surface area contributed by atoms with Gasteiger partial charge in [0.2, 0.25) is 0 Å². The summed E-state index contributed by atoms with van der Waals surface area (Å²) in [7, 11) is 3.18. The van der Waals surface area contributed by atoms with Crippen LogP contribution in [0.3, 0.4) is 0 Å². The van der Waals surface area contributed by atoms with Crippen molar-refractivity contribution in [1.29, 1.82) is 0 Å². The van der Waals surface area contributed by atoms with Gasteiger partial charge in [-0.1, -0.05) is 0 Å². The van der Waals surface area contributed by atoms with E-state index in [2.05, 4.69) is 10.6 Å². The van der Waals surface area contributed by atoms with E-state index in [0.29, 0.717) is 5.69 Å². The maximum atomic E-state index is 12.1. The third-order valence-corrected chi connectivity index (χ3v) is 4.17. The molecule has 2 heterocycles. The van der Waals surface area contributed by atoms with Crippen molar-refractivity contribution in [2.24, 2.45) is 0 Å². The zero-order valence-electron chi connectivity index (χ0n) is 14.8. The summed E-state index contributed by atoms with van der Waals surface area (Å²) in [5, 5.41) is 5.53. The highest BCUT2D eigenvalue weighted by atomic mass is 16.8. The summed E-state index contributed by atoms with van der Waals surface area (Å²) in [5.74, 6) is 0.0266. The van der Waals surface area contributed by atoms with Crippen LogP contribution in [0.4, 0.5) is 10.5 Å². The van der Waals surface area contributed by atoms with E-state index in [1.807, 2.05) is 13.8 Å². The van der Waals surface area contributed by atoms with Crippen LogP contribution in [0.1, 0.15) is 13.8 Å². The number of rotatable bonds is 5. The summed E-state index contributed by atoms with van der Waals surface area (Å²) in [6.07, 6.45) is -1.46. The van der Waals surface area contributed by atoms with Gasteiger partial charge in [-0.2, -0.15) is 0 Å². The van der Waals surface area contributed by atoms with Gasteiger partial charge in [0.05, 0.1) is 7.11 Å². The monoisotopic (exact) mass is 352 g/mol. The van der Waals surface area contributed by atoms with Crippen molar-refractivity contribution in [2.45, 2.75) is 44.2 Å². The van der Waals surface area contributed by atoms with E-state index in [4.69, 9.17) is 23.7 Å². The van der Waals surface area contributed by atoms with Crippen LogP contribution in [0.2, 0.25) is 0 Å². The molecule has 2 aliphatic rings. The Bertz CT molecular complexity index is 606. The van der Waals surface area contributed by atoms with Crippen LogP contribution in [0.5, 0.6) is 5.75 Å². The zero-order chi connectivity index (χ0) is 18.0. The number of anilines is 1. The fraction of sp³-hybridized carbons (Fsp3) is 0.588. The van der Waals surface area contributed by atoms with Crippen molar-refractivity contribution in [3.05, 3.63) is 24.3 Å². The molecule has 2 fully saturated rings. The first-order valence-corrected chi connectivity index (χ1v) is 8.14. The lowest BCUT2D eigenvalue weighted by Gasteiger charge is -2.25. The number of benzene rings is 1. The molecule has 1 aromatic carbocycles. The van der Waals surface area contributed by atoms with Gasteiger partial charge in [-0.15, -0.1) is 0 Å². The number of amides is 2. The summed E-state index contributed by atoms with van der Waals surface area (Å²) >= 11 is 0. The predicted molar refractivity (Wildman–Crippen MR) is 89.5 cm³/mol. The van der Waals surface area contributed by atoms with Gasteiger partial charge >= 0.3 is 6.03 Å². The predicted octanol–water partition coefficient (Wildman–Crippen LogP) is 1.71. The van der Waals surface area contributed by atoms with Gasteiger partial charge in [-0.3, -0.25) is 0 Å². The van der Waals surface area contributed by atoms with Crippen molar-refractivity contribution >= 4 is 11.7 Å². The molecule has 2 saturated heterocycles. The van der Waals surface area contributed by atoms with Crippen LogP contribution in [0.25, 0.3) is 0 Å². The molecule has 0 aromatic heterocycles. The Balaban J connectivity index is 1.50. The van der Waals surface area contributed by atoms with Crippen molar-refractivity contribution < 1.29 is 28.5 Å². The zero-order valence-corrected chi connectivity index (χ0v) is 14.8. The lowest BCUT2D eigenvalue weighted by molar-refractivity contribution is -0.215. The maximum absolute atomic E-state index is 12.1. The molecule has 2 N–H and O–H groups in total. The normalized spacial score (nSPS) is 29.9. The fourth-order valence-corrected chi connectivity index (χ4v) is 3.04. The standard InChI is InChI=1S/C17H24N2O6/c1-17(2)24-14-13(22-4)12(23-15(14)25-17)9-18-16(20)19-10-5-7-11(21-3)8-6-10/h5-8,12-15H,9H2,1-4H3,(H2,18,19,20)/t12-,13+,14-,15-/m1/s1. The molecule has 0 aliphatic carbocycles. The second kappa shape index (κ2) is 7.17. The van der Waals surface area contributed by atoms with Gasteiger partial charge in [0.25, 0.3) is 0 Å². The van der Waals surface area contributed by atoms with E-state index in [-0.39, 0.29) is 30.9 Å². The van der Waals surface area contributed by atoms with Gasteiger partial charge in [0, 0.05) is 19.3 Å². The summed E-state index contributed by atoms with van der Waals surface area (Å²) in [4.78, 5) is 12.1. The molecule has 0 spiro atoms. The Labute approximate surface area is 146 Å². The molecule has 0 saturated carbocycles. The molecule has 2 amide bonds. The first-order chi connectivity index (χ1) is 11.9. The van der Waals surface area contributed by atoms with Crippen LogP contribution >= 0.6 is 0 Å². The van der Waals surface area contributed by atoms with E-state index in [1.54, 1.807) is 38.5 Å². The highest BCUT2D eigenvalue weighted by Gasteiger charge is 2.55. The van der Waals surface area contributed by atoms with E-state index < -0.39 is 12.1 Å². The van der Waals surface area contributed by atoms with Crippen LogP contribution in [-0.4, -0.2) is 57.2 Å². The number of hydrogen-bond donors (Lipinski definition) is 2. The molecule has 4 atom stereocenters. The molecule has 138 valence electrons. The smallest absolute Gasteiger partial charge is 0.319 e. The van der Waals surface area contributed by atoms with Crippen LogP contribution in [-0.2, 0) is 18.9 Å². The number of hydrogen-bond acceptors (Lipinski definition) is 6. The first-order valence-electron chi connectivity index (χ1n) is 8.14. The Hall–Kier alpha value is -1.87. The minimum Gasteiger partial charge on any atom is -0.497 e. The summed E-state index contributed by atoms with van der Waals surface area (Å²) in [6.45, 7) is 3.94. The van der Waals surface area contributed by atoms with Gasteiger partial charge in [-0.25, -0.2) is 4.79 Å². The quantitative estimate of drug-likeness (QED) is 0.839. The van der Waals surface area contributed by atoms with Crippen molar-refractivity contribution in [3.63, 3.8) is 0 Å². The largest absolute Gasteiger partial charge is 0.497 e. The van der Waals surface area contributed by atoms with Gasteiger partial charge in [-0.05, 0) is 38.1 Å². The lowest BCUT2D eigenvalue weighted by atomic mass is 10.1. The number of methoxy groups -OCH3 is 2.